The fraction of sp³-hybridized carbons (Fsp3) is 0.261. The first-order chi connectivity index (χ1) is 14.0. The van der Waals surface area contributed by atoms with Crippen molar-refractivity contribution in [2.75, 3.05) is 14.1 Å². The maximum absolute atomic E-state index is 5.08. The van der Waals surface area contributed by atoms with Crippen LogP contribution in [0.2, 0.25) is 0 Å². The van der Waals surface area contributed by atoms with E-state index in [1.165, 1.54) is 16.7 Å². The SMILES string of the molecule is C[N-]C.Cc1cc(C)c([N-]C(c2ccccc2)c2ccccn2)c(C)c1.[Cl][Ti][Cl]. The van der Waals surface area contributed by atoms with E-state index < -0.39 is 17.0 Å². The van der Waals surface area contributed by atoms with Crippen molar-refractivity contribution in [3.8, 4) is 0 Å². The third kappa shape index (κ3) is 8.90. The van der Waals surface area contributed by atoms with Gasteiger partial charge in [0.2, 0.25) is 0 Å². The Balaban J connectivity index is 0.000000626. The van der Waals surface area contributed by atoms with Gasteiger partial charge in [-0.05, 0) is 38.9 Å². The van der Waals surface area contributed by atoms with E-state index in [-0.39, 0.29) is 6.04 Å². The van der Waals surface area contributed by atoms with Gasteiger partial charge in [0, 0.05) is 11.9 Å². The van der Waals surface area contributed by atoms with Crippen LogP contribution in [-0.2, 0) is 17.0 Å². The van der Waals surface area contributed by atoms with E-state index in [9.17, 15) is 0 Å². The van der Waals surface area contributed by atoms with Gasteiger partial charge in [-0.1, -0.05) is 70.8 Å². The summed E-state index contributed by atoms with van der Waals surface area (Å²) < 4.78 is 0. The van der Waals surface area contributed by atoms with Crippen molar-refractivity contribution >= 4 is 24.3 Å². The number of nitrogens with zero attached hydrogens (tertiary/aromatic N) is 3. The number of benzene rings is 2. The van der Waals surface area contributed by atoms with Gasteiger partial charge in [-0.3, -0.25) is 4.98 Å². The molecule has 6 heteroatoms. The Kier molecular flexibility index (Phi) is 12.9. The molecule has 154 valence electrons. The molecule has 0 radical (unpaired) electrons. The van der Waals surface area contributed by atoms with Crippen LogP contribution in [0.4, 0.5) is 5.69 Å². The van der Waals surface area contributed by atoms with E-state index in [0.29, 0.717) is 0 Å². The summed E-state index contributed by atoms with van der Waals surface area (Å²) in [4.78, 5) is 4.53. The van der Waals surface area contributed by atoms with Crippen LogP contribution in [-0.4, -0.2) is 19.1 Å². The summed E-state index contributed by atoms with van der Waals surface area (Å²) in [5.74, 6) is 0. The fourth-order valence-corrected chi connectivity index (χ4v) is 2.99. The Morgan fingerprint density at radius 2 is 1.38 bits per heavy atom. The number of aromatic nitrogens is 1. The summed E-state index contributed by atoms with van der Waals surface area (Å²) in [5, 5.41) is 8.58. The zero-order valence-electron chi connectivity index (χ0n) is 17.5. The van der Waals surface area contributed by atoms with E-state index in [0.717, 1.165) is 16.9 Å². The molecule has 29 heavy (non-hydrogen) atoms. The van der Waals surface area contributed by atoms with Crippen molar-refractivity contribution in [2.45, 2.75) is 26.8 Å². The molecule has 1 heterocycles. The molecule has 0 fully saturated rings. The quantitative estimate of drug-likeness (QED) is 0.363. The van der Waals surface area contributed by atoms with Crippen LogP contribution in [0.1, 0.15) is 34.0 Å². The minimum absolute atomic E-state index is 0.0856. The molecule has 0 spiro atoms. The first-order valence-electron chi connectivity index (χ1n) is 9.17. The average molecular weight is 464 g/mol. The van der Waals surface area contributed by atoms with Crippen LogP contribution in [0, 0.1) is 20.8 Å². The molecule has 0 bridgehead atoms. The average Bonchev–Trinajstić information content (AvgIpc) is 2.70. The standard InChI is InChI=1S/C21H21N2.C2H6N.2ClH.Ti/c1-15-13-16(2)20(17(3)14-15)23-21(18-9-5-4-6-10-18)19-11-7-8-12-22-19;1-3-2;;;/h4-14,21H,1-3H3;1-2H3;2*1H;/q2*-1;;;+2/p-2. The summed E-state index contributed by atoms with van der Waals surface area (Å²) in [7, 11) is 13.3. The predicted molar refractivity (Wildman–Crippen MR) is 123 cm³/mol. The second-order valence-corrected chi connectivity index (χ2v) is 9.04. The Bertz CT molecular complexity index is 766. The Hall–Kier alpha value is -1.36. The molecule has 3 aromatic rings. The van der Waals surface area contributed by atoms with Gasteiger partial charge in [-0.2, -0.15) is 14.1 Å². The Morgan fingerprint density at radius 3 is 1.86 bits per heavy atom. The van der Waals surface area contributed by atoms with Gasteiger partial charge in [-0.15, -0.1) is 5.69 Å². The van der Waals surface area contributed by atoms with Crippen molar-refractivity contribution in [1.29, 1.82) is 0 Å². The van der Waals surface area contributed by atoms with Crippen LogP contribution in [0.5, 0.6) is 0 Å². The van der Waals surface area contributed by atoms with Crippen molar-refractivity contribution in [3.63, 3.8) is 0 Å². The topological polar surface area (TPSA) is 41.1 Å². The normalized spacial score (nSPS) is 10.6. The van der Waals surface area contributed by atoms with Gasteiger partial charge >= 0.3 is 35.6 Å². The molecule has 3 nitrogen and oxygen atoms in total. The van der Waals surface area contributed by atoms with E-state index >= 15 is 0 Å². The molecular weight excluding hydrogens is 437 g/mol. The Morgan fingerprint density at radius 1 is 0.862 bits per heavy atom. The number of rotatable bonds is 4. The molecule has 1 atom stereocenters. The fourth-order valence-electron chi connectivity index (χ4n) is 2.99. The third-order valence-electron chi connectivity index (χ3n) is 3.98. The molecule has 0 aliphatic heterocycles. The first-order valence-corrected chi connectivity index (χ1v) is 13.5. The second kappa shape index (κ2) is 14.6. The van der Waals surface area contributed by atoms with E-state index in [1.54, 1.807) is 14.1 Å². The molecule has 0 amide bonds. The molecule has 0 aliphatic rings. The van der Waals surface area contributed by atoms with Crippen LogP contribution in [0.3, 0.4) is 0 Å². The van der Waals surface area contributed by atoms with Crippen LogP contribution >= 0.6 is 18.6 Å². The molecule has 2 aromatic carbocycles. The van der Waals surface area contributed by atoms with Gasteiger partial charge in [-0.25, -0.2) is 0 Å². The number of hydrogen-bond donors (Lipinski definition) is 0. The minimum atomic E-state index is -0.556. The molecule has 0 saturated heterocycles. The van der Waals surface area contributed by atoms with Crippen molar-refractivity contribution in [1.82, 2.24) is 4.98 Å². The predicted octanol–water partition coefficient (Wildman–Crippen LogP) is 7.80. The number of pyridine rings is 1. The molecule has 0 saturated carbocycles. The number of hydrogen-bond acceptors (Lipinski definition) is 1. The van der Waals surface area contributed by atoms with Crippen molar-refractivity contribution in [3.05, 3.63) is 105 Å². The first kappa shape index (κ1) is 25.7. The molecule has 1 unspecified atom stereocenters. The second-order valence-electron chi connectivity index (χ2n) is 6.46. The van der Waals surface area contributed by atoms with Crippen molar-refractivity contribution in [2.24, 2.45) is 0 Å². The van der Waals surface area contributed by atoms with Gasteiger partial charge in [0.25, 0.3) is 0 Å². The summed E-state index contributed by atoms with van der Waals surface area (Å²) in [6.45, 7) is 6.37. The number of aryl methyl sites for hydroxylation is 3. The van der Waals surface area contributed by atoms with Crippen LogP contribution in [0.15, 0.2) is 66.9 Å². The third-order valence-corrected chi connectivity index (χ3v) is 3.98. The van der Waals surface area contributed by atoms with E-state index in [2.05, 4.69) is 67.5 Å². The van der Waals surface area contributed by atoms with E-state index in [4.69, 9.17) is 23.9 Å². The van der Waals surface area contributed by atoms with Gasteiger partial charge in [0.05, 0.1) is 0 Å². The molecule has 0 aliphatic carbocycles. The van der Waals surface area contributed by atoms with E-state index in [1.807, 2.05) is 30.5 Å². The van der Waals surface area contributed by atoms with Crippen molar-refractivity contribution < 1.29 is 17.0 Å². The van der Waals surface area contributed by atoms with Crippen LogP contribution in [0.25, 0.3) is 10.6 Å². The summed E-state index contributed by atoms with van der Waals surface area (Å²) >= 11 is -0.556. The molecule has 3 rings (SSSR count). The van der Waals surface area contributed by atoms with Gasteiger partial charge in [0.1, 0.15) is 0 Å². The van der Waals surface area contributed by atoms with Crippen LogP contribution < -0.4 is 0 Å². The zero-order valence-corrected chi connectivity index (χ0v) is 20.6. The Labute approximate surface area is 191 Å². The monoisotopic (exact) mass is 463 g/mol. The molecular formula is C23H27Cl2N3Ti-2. The summed E-state index contributed by atoms with van der Waals surface area (Å²) in [6.07, 6.45) is 1.83. The van der Waals surface area contributed by atoms with Gasteiger partial charge in [0.15, 0.2) is 0 Å². The summed E-state index contributed by atoms with van der Waals surface area (Å²) in [5.41, 5.74) is 6.88. The maximum atomic E-state index is 5.08. The number of halogens is 2. The summed E-state index contributed by atoms with van der Waals surface area (Å²) in [6, 6.07) is 20.6. The molecule has 1 aromatic heterocycles. The molecule has 0 N–H and O–H groups in total. The van der Waals surface area contributed by atoms with Gasteiger partial charge < -0.3 is 10.6 Å². The zero-order chi connectivity index (χ0) is 21.6.